The molecule has 0 heterocycles. The van der Waals surface area contributed by atoms with Gasteiger partial charge < -0.3 is 15.2 Å². The maximum absolute atomic E-state index is 12.3. The average Bonchev–Trinajstić information content (AvgIpc) is 2.61. The summed E-state index contributed by atoms with van der Waals surface area (Å²) in [6, 6.07) is 17.0. The second-order valence-corrected chi connectivity index (χ2v) is 5.63. The fourth-order valence-electron chi connectivity index (χ4n) is 2.68. The summed E-state index contributed by atoms with van der Waals surface area (Å²) in [6.45, 7) is 3.90. The second-order valence-electron chi connectivity index (χ2n) is 5.63. The lowest BCUT2D eigenvalue weighted by Crippen LogP contribution is -2.27. The first-order chi connectivity index (χ1) is 11.7. The minimum Gasteiger partial charge on any atom is -0.508 e. The quantitative estimate of drug-likeness (QED) is 0.694. The SMILES string of the molecule is CCOCCCNC(=O)C[C@@H](c1ccccc1)c1ccccc1O. The Bertz CT molecular complexity index is 628. The highest BCUT2D eigenvalue weighted by molar-refractivity contribution is 5.77. The highest BCUT2D eigenvalue weighted by Crippen LogP contribution is 2.33. The van der Waals surface area contributed by atoms with E-state index >= 15 is 0 Å². The van der Waals surface area contributed by atoms with Crippen LogP contribution in [-0.2, 0) is 9.53 Å². The molecule has 0 unspecified atom stereocenters. The van der Waals surface area contributed by atoms with E-state index in [1.165, 1.54) is 0 Å². The predicted molar refractivity (Wildman–Crippen MR) is 95.1 cm³/mol. The monoisotopic (exact) mass is 327 g/mol. The van der Waals surface area contributed by atoms with E-state index in [0.29, 0.717) is 26.2 Å². The predicted octanol–water partition coefficient (Wildman–Crippen LogP) is 3.46. The Balaban J connectivity index is 2.05. The average molecular weight is 327 g/mol. The molecule has 0 aromatic heterocycles. The molecule has 2 aromatic carbocycles. The van der Waals surface area contributed by atoms with Gasteiger partial charge >= 0.3 is 0 Å². The first-order valence-electron chi connectivity index (χ1n) is 8.39. The van der Waals surface area contributed by atoms with Gasteiger partial charge in [-0.05, 0) is 25.0 Å². The van der Waals surface area contributed by atoms with Crippen molar-refractivity contribution in [2.75, 3.05) is 19.8 Å². The lowest BCUT2D eigenvalue weighted by Gasteiger charge is -2.19. The van der Waals surface area contributed by atoms with Gasteiger partial charge in [-0.2, -0.15) is 0 Å². The minimum atomic E-state index is -0.167. The molecule has 2 aromatic rings. The van der Waals surface area contributed by atoms with Gasteiger partial charge in [0, 0.05) is 37.7 Å². The highest BCUT2D eigenvalue weighted by atomic mass is 16.5. The smallest absolute Gasteiger partial charge is 0.220 e. The number of amides is 1. The summed E-state index contributed by atoms with van der Waals surface area (Å²) in [5.74, 6) is 0.0263. The fourth-order valence-corrected chi connectivity index (χ4v) is 2.68. The van der Waals surface area contributed by atoms with Gasteiger partial charge in [0.15, 0.2) is 0 Å². The third-order valence-electron chi connectivity index (χ3n) is 3.90. The van der Waals surface area contributed by atoms with Crippen molar-refractivity contribution in [1.82, 2.24) is 5.32 Å². The molecule has 2 rings (SSSR count). The van der Waals surface area contributed by atoms with Crippen molar-refractivity contribution in [3.63, 3.8) is 0 Å². The Hall–Kier alpha value is -2.33. The normalized spacial score (nSPS) is 11.9. The van der Waals surface area contributed by atoms with Crippen LogP contribution in [0.1, 0.15) is 36.8 Å². The maximum Gasteiger partial charge on any atom is 0.220 e. The molecule has 1 atom stereocenters. The zero-order valence-electron chi connectivity index (χ0n) is 14.1. The molecular weight excluding hydrogens is 302 g/mol. The number of para-hydroxylation sites is 1. The molecule has 128 valence electrons. The summed E-state index contributed by atoms with van der Waals surface area (Å²) in [6.07, 6.45) is 1.10. The van der Waals surface area contributed by atoms with E-state index in [1.54, 1.807) is 12.1 Å². The second kappa shape index (κ2) is 9.73. The van der Waals surface area contributed by atoms with Crippen LogP contribution in [0.25, 0.3) is 0 Å². The number of benzene rings is 2. The van der Waals surface area contributed by atoms with E-state index in [2.05, 4.69) is 5.32 Å². The van der Waals surface area contributed by atoms with Crippen LogP contribution in [-0.4, -0.2) is 30.8 Å². The molecule has 4 nitrogen and oxygen atoms in total. The van der Waals surface area contributed by atoms with Gasteiger partial charge in [-0.25, -0.2) is 0 Å². The topological polar surface area (TPSA) is 58.6 Å². The Kier molecular flexibility index (Phi) is 7.30. The van der Waals surface area contributed by atoms with Gasteiger partial charge in [-0.15, -0.1) is 0 Å². The molecule has 1 amide bonds. The molecule has 24 heavy (non-hydrogen) atoms. The number of hydrogen-bond donors (Lipinski definition) is 2. The first-order valence-corrected chi connectivity index (χ1v) is 8.39. The van der Waals surface area contributed by atoms with Crippen LogP contribution < -0.4 is 5.32 Å². The van der Waals surface area contributed by atoms with E-state index in [1.807, 2.05) is 49.4 Å². The van der Waals surface area contributed by atoms with Crippen molar-refractivity contribution in [2.45, 2.75) is 25.7 Å². The van der Waals surface area contributed by atoms with E-state index < -0.39 is 0 Å². The number of phenolic OH excluding ortho intramolecular Hbond substituents is 1. The molecule has 0 saturated heterocycles. The lowest BCUT2D eigenvalue weighted by atomic mass is 9.87. The van der Waals surface area contributed by atoms with Gasteiger partial charge in [-0.1, -0.05) is 48.5 Å². The van der Waals surface area contributed by atoms with Crippen molar-refractivity contribution >= 4 is 5.91 Å². The number of ether oxygens (including phenoxy) is 1. The summed E-state index contributed by atoms with van der Waals surface area (Å²) in [4.78, 5) is 12.3. The molecule has 0 spiro atoms. The summed E-state index contributed by atoms with van der Waals surface area (Å²) in [5, 5.41) is 13.1. The summed E-state index contributed by atoms with van der Waals surface area (Å²) in [5.41, 5.74) is 1.79. The maximum atomic E-state index is 12.3. The van der Waals surface area contributed by atoms with Crippen molar-refractivity contribution in [1.29, 1.82) is 0 Å². The van der Waals surface area contributed by atoms with Crippen LogP contribution in [0.3, 0.4) is 0 Å². The molecule has 0 fully saturated rings. The first kappa shape index (κ1) is 18.0. The van der Waals surface area contributed by atoms with Gasteiger partial charge in [0.05, 0.1) is 0 Å². The fraction of sp³-hybridized carbons (Fsp3) is 0.350. The van der Waals surface area contributed by atoms with Crippen molar-refractivity contribution in [3.8, 4) is 5.75 Å². The number of aromatic hydroxyl groups is 1. The number of rotatable bonds is 9. The zero-order chi connectivity index (χ0) is 17.2. The molecule has 0 radical (unpaired) electrons. The van der Waals surface area contributed by atoms with E-state index in [-0.39, 0.29) is 17.6 Å². The molecule has 2 N–H and O–H groups in total. The minimum absolute atomic E-state index is 0.0244. The van der Waals surface area contributed by atoms with Crippen molar-refractivity contribution < 1.29 is 14.6 Å². The lowest BCUT2D eigenvalue weighted by molar-refractivity contribution is -0.121. The van der Waals surface area contributed by atoms with E-state index in [9.17, 15) is 9.90 Å². The van der Waals surface area contributed by atoms with Crippen LogP contribution in [0.5, 0.6) is 5.75 Å². The van der Waals surface area contributed by atoms with Crippen LogP contribution in [0.15, 0.2) is 54.6 Å². The van der Waals surface area contributed by atoms with Gasteiger partial charge in [0.25, 0.3) is 0 Å². The van der Waals surface area contributed by atoms with Crippen molar-refractivity contribution in [2.24, 2.45) is 0 Å². The summed E-state index contributed by atoms with van der Waals surface area (Å²) < 4.78 is 5.27. The molecular formula is C20H25NO3. The molecule has 0 bridgehead atoms. The summed E-state index contributed by atoms with van der Waals surface area (Å²) >= 11 is 0. The molecule has 4 heteroatoms. The highest BCUT2D eigenvalue weighted by Gasteiger charge is 2.20. The standard InChI is InChI=1S/C20H25NO3/c1-2-24-14-8-13-21-20(23)15-18(16-9-4-3-5-10-16)17-11-6-7-12-19(17)22/h3-7,9-12,18,22H,2,8,13-15H2,1H3,(H,21,23)/t18-/m0/s1. The number of carbonyl (C=O) groups excluding carboxylic acids is 1. The van der Waals surface area contributed by atoms with E-state index in [0.717, 1.165) is 17.5 Å². The van der Waals surface area contributed by atoms with E-state index in [4.69, 9.17) is 4.74 Å². The molecule has 0 aliphatic rings. The van der Waals surface area contributed by atoms with Crippen molar-refractivity contribution in [3.05, 3.63) is 65.7 Å². The number of carbonyl (C=O) groups is 1. The van der Waals surface area contributed by atoms with Crippen LogP contribution >= 0.6 is 0 Å². The third-order valence-corrected chi connectivity index (χ3v) is 3.90. The van der Waals surface area contributed by atoms with Gasteiger partial charge in [0.1, 0.15) is 5.75 Å². The Morgan fingerprint density at radius 1 is 1.12 bits per heavy atom. The van der Waals surface area contributed by atoms with Crippen LogP contribution in [0, 0.1) is 0 Å². The number of nitrogens with one attached hydrogen (secondary N) is 1. The van der Waals surface area contributed by atoms with Gasteiger partial charge in [0.2, 0.25) is 5.91 Å². The summed E-state index contributed by atoms with van der Waals surface area (Å²) in [7, 11) is 0. The van der Waals surface area contributed by atoms with Crippen LogP contribution in [0.4, 0.5) is 0 Å². The largest absolute Gasteiger partial charge is 0.508 e. The Labute approximate surface area is 143 Å². The van der Waals surface area contributed by atoms with Gasteiger partial charge in [-0.3, -0.25) is 4.79 Å². The number of phenols is 1. The number of hydrogen-bond acceptors (Lipinski definition) is 3. The zero-order valence-corrected chi connectivity index (χ0v) is 14.1. The Morgan fingerprint density at radius 2 is 1.83 bits per heavy atom. The Morgan fingerprint density at radius 3 is 2.54 bits per heavy atom. The molecule has 0 aliphatic carbocycles. The molecule has 0 saturated carbocycles. The van der Waals surface area contributed by atoms with Crippen LogP contribution in [0.2, 0.25) is 0 Å². The third kappa shape index (κ3) is 5.39. The molecule has 0 aliphatic heterocycles.